The molecule has 51 heavy (non-hydrogen) atoms. The minimum Gasteiger partial charge on any atom is -0.493 e. The number of rotatable bonds is 18. The highest BCUT2D eigenvalue weighted by Crippen LogP contribution is 2.36. The van der Waals surface area contributed by atoms with Gasteiger partial charge in [0.2, 0.25) is 0 Å². The van der Waals surface area contributed by atoms with E-state index in [4.69, 9.17) is 28.9 Å². The number of halogens is 2. The summed E-state index contributed by atoms with van der Waals surface area (Å²) in [6.45, 7) is 12.8. The molecular weight excluding hydrogens is 779 g/mol. The summed E-state index contributed by atoms with van der Waals surface area (Å²) in [6.07, 6.45) is 2.39. The Balaban J connectivity index is 1.28. The number of benzene rings is 4. The summed E-state index contributed by atoms with van der Waals surface area (Å²) in [5.41, 5.74) is 9.83. The molecule has 0 saturated carbocycles. The summed E-state index contributed by atoms with van der Waals surface area (Å²) >= 11 is 8.79. The summed E-state index contributed by atoms with van der Waals surface area (Å²) < 4.78 is 24.5. The zero-order chi connectivity index (χ0) is 36.3. The lowest BCUT2D eigenvalue weighted by Crippen LogP contribution is -2.35. The number of nitrogens with one attached hydrogen (secondary N) is 1. The van der Waals surface area contributed by atoms with E-state index in [-0.39, 0.29) is 13.2 Å². The Kier molecular flexibility index (Phi) is 14.8. The third kappa shape index (κ3) is 10.6. The van der Waals surface area contributed by atoms with Crippen LogP contribution >= 0.6 is 34.6 Å². The lowest BCUT2D eigenvalue weighted by molar-refractivity contribution is 0.170. The van der Waals surface area contributed by atoms with Gasteiger partial charge >= 0.3 is 0 Å². The maximum Gasteiger partial charge on any atom is 0.142 e. The number of aliphatic hydroxyl groups excluding tert-OH is 2. The number of nitrogens with zero attached hydrogens (tertiary/aromatic N) is 1. The van der Waals surface area contributed by atoms with Crippen molar-refractivity contribution in [3.8, 4) is 28.4 Å². The molecular formula is C41H50ClIN2O6. The van der Waals surface area contributed by atoms with Gasteiger partial charge in [0.25, 0.3) is 0 Å². The molecule has 4 aromatic rings. The first-order valence-electron chi connectivity index (χ1n) is 17.6. The van der Waals surface area contributed by atoms with Crippen LogP contribution in [0.3, 0.4) is 0 Å². The minimum absolute atomic E-state index is 0.186. The van der Waals surface area contributed by atoms with Crippen molar-refractivity contribution in [1.29, 1.82) is 0 Å². The molecule has 1 aliphatic heterocycles. The molecule has 0 amide bonds. The van der Waals surface area contributed by atoms with Gasteiger partial charge in [-0.25, -0.2) is 0 Å². The first kappa shape index (κ1) is 39.3. The van der Waals surface area contributed by atoms with E-state index in [0.717, 1.165) is 77.2 Å². The molecule has 5 rings (SSSR count). The third-order valence-corrected chi connectivity index (χ3v) is 10.8. The van der Waals surface area contributed by atoms with Crippen molar-refractivity contribution in [3.63, 3.8) is 0 Å². The van der Waals surface area contributed by atoms with Crippen LogP contribution in [0.1, 0.15) is 51.8 Å². The summed E-state index contributed by atoms with van der Waals surface area (Å²) in [4.78, 5) is 2.44. The van der Waals surface area contributed by atoms with E-state index in [2.05, 4.69) is 86.4 Å². The van der Waals surface area contributed by atoms with E-state index in [1.807, 2.05) is 41.2 Å². The molecule has 1 heterocycles. The second-order valence-electron chi connectivity index (χ2n) is 13.4. The van der Waals surface area contributed by atoms with Crippen LogP contribution in [-0.2, 0) is 22.8 Å². The first-order valence-corrected chi connectivity index (χ1v) is 18.9. The summed E-state index contributed by atoms with van der Waals surface area (Å²) in [5.74, 6) is 2.04. The first-order chi connectivity index (χ1) is 24.7. The average molecular weight is 829 g/mol. The van der Waals surface area contributed by atoms with Crippen LogP contribution in [0, 0.1) is 27.7 Å². The van der Waals surface area contributed by atoms with Crippen LogP contribution in [0.5, 0.6) is 17.2 Å². The number of likely N-dealkylation sites (tertiary alicyclic amines) is 1. The second-order valence-corrected chi connectivity index (χ2v) is 14.3. The molecule has 8 nitrogen and oxygen atoms in total. The third-order valence-electron chi connectivity index (χ3n) is 9.74. The smallest absolute Gasteiger partial charge is 0.142 e. The van der Waals surface area contributed by atoms with Crippen molar-refractivity contribution in [2.24, 2.45) is 0 Å². The van der Waals surface area contributed by atoms with E-state index in [9.17, 15) is 10.2 Å². The van der Waals surface area contributed by atoms with Crippen LogP contribution in [0.2, 0.25) is 5.02 Å². The molecule has 0 unspecified atom stereocenters. The highest BCUT2D eigenvalue weighted by molar-refractivity contribution is 14.1. The molecule has 1 saturated heterocycles. The fourth-order valence-electron chi connectivity index (χ4n) is 6.35. The molecule has 274 valence electrons. The lowest BCUT2D eigenvalue weighted by Gasteiger charge is -2.19. The quantitative estimate of drug-likeness (QED) is 0.0686. The van der Waals surface area contributed by atoms with Crippen LogP contribution in [0.25, 0.3) is 11.1 Å². The summed E-state index contributed by atoms with van der Waals surface area (Å²) in [7, 11) is 0. The molecule has 10 heteroatoms. The van der Waals surface area contributed by atoms with Gasteiger partial charge < -0.3 is 37.7 Å². The molecule has 1 fully saturated rings. The van der Waals surface area contributed by atoms with Gasteiger partial charge in [-0.05, 0) is 97.2 Å². The van der Waals surface area contributed by atoms with Crippen molar-refractivity contribution in [1.82, 2.24) is 10.2 Å². The SMILES string of the molecule is Cc1ccc(COc2cc(OCc3cccc(-c4cccc(OCCCN5CC[C@@H](OI)C5)c4C)c3C)c(Cl)cc2CNC(CO)CO)cc1C. The lowest BCUT2D eigenvalue weighted by atomic mass is 9.93. The minimum atomic E-state index is -0.456. The number of aryl methyl sites for hydroxylation is 2. The maximum atomic E-state index is 9.57. The monoisotopic (exact) mass is 828 g/mol. The zero-order valence-electron chi connectivity index (χ0n) is 30.0. The molecule has 0 bridgehead atoms. The van der Waals surface area contributed by atoms with Gasteiger partial charge in [-0.1, -0.05) is 60.1 Å². The Labute approximate surface area is 321 Å². The number of hydrogen-bond acceptors (Lipinski definition) is 8. The second kappa shape index (κ2) is 19.3. The van der Waals surface area contributed by atoms with Crippen molar-refractivity contribution in [3.05, 3.63) is 111 Å². The molecule has 1 atom stereocenters. The van der Waals surface area contributed by atoms with E-state index in [0.29, 0.717) is 49.0 Å². The van der Waals surface area contributed by atoms with Crippen molar-refractivity contribution >= 4 is 34.6 Å². The van der Waals surface area contributed by atoms with E-state index < -0.39 is 6.04 Å². The van der Waals surface area contributed by atoms with Crippen LogP contribution in [-0.4, -0.2) is 66.7 Å². The predicted molar refractivity (Wildman–Crippen MR) is 212 cm³/mol. The number of ether oxygens (including phenoxy) is 3. The van der Waals surface area contributed by atoms with E-state index in [1.54, 1.807) is 0 Å². The highest BCUT2D eigenvalue weighted by atomic mass is 127. The van der Waals surface area contributed by atoms with Crippen LogP contribution < -0.4 is 19.5 Å². The topological polar surface area (TPSA) is 92.7 Å². The molecule has 0 spiro atoms. The predicted octanol–water partition coefficient (Wildman–Crippen LogP) is 8.05. The molecule has 0 aromatic heterocycles. The molecule has 1 aliphatic rings. The van der Waals surface area contributed by atoms with Gasteiger partial charge in [0.15, 0.2) is 0 Å². The average Bonchev–Trinajstić information content (AvgIpc) is 3.60. The van der Waals surface area contributed by atoms with E-state index >= 15 is 0 Å². The summed E-state index contributed by atoms with van der Waals surface area (Å²) in [5, 5.41) is 22.8. The van der Waals surface area contributed by atoms with Crippen molar-refractivity contribution < 1.29 is 27.5 Å². The molecule has 0 radical (unpaired) electrons. The van der Waals surface area contributed by atoms with Gasteiger partial charge in [-0.2, -0.15) is 0 Å². The van der Waals surface area contributed by atoms with Gasteiger partial charge in [-0.3, -0.25) is 0 Å². The van der Waals surface area contributed by atoms with Crippen LogP contribution in [0.15, 0.2) is 66.7 Å². The highest BCUT2D eigenvalue weighted by Gasteiger charge is 2.22. The standard InChI is InChI=1S/C41H50ClIN2O6/c1-27-12-13-31(18-28(27)2)25-49-40-20-41(38(42)19-33(40)21-44-34(23-46)24-47)50-26-32-8-5-9-36(29(32)3)37-10-6-11-39(30(37)4)48-17-7-15-45-16-14-35(22-45)51-43/h5-6,8-13,18-20,34-35,44,46-47H,7,14-17,21-26H2,1-4H3/t35-/m1/s1. The Hall–Kier alpha value is -2.90. The van der Waals surface area contributed by atoms with Crippen molar-refractivity contribution in [2.45, 2.75) is 72.4 Å². The Morgan fingerprint density at radius 2 is 1.57 bits per heavy atom. The van der Waals surface area contributed by atoms with Gasteiger partial charge in [0.1, 0.15) is 53.5 Å². The number of hydrogen-bond donors (Lipinski definition) is 3. The zero-order valence-corrected chi connectivity index (χ0v) is 32.9. The normalized spacial score (nSPS) is 14.7. The van der Waals surface area contributed by atoms with Gasteiger partial charge in [-0.15, -0.1) is 0 Å². The molecule has 3 N–H and O–H groups in total. The summed E-state index contributed by atoms with van der Waals surface area (Å²) in [6, 6.07) is 22.0. The van der Waals surface area contributed by atoms with Gasteiger partial charge in [0, 0.05) is 37.8 Å². The molecule has 0 aliphatic carbocycles. The Morgan fingerprint density at radius 1 is 0.824 bits per heavy atom. The van der Waals surface area contributed by atoms with Gasteiger partial charge in [0.05, 0.1) is 37.0 Å². The largest absolute Gasteiger partial charge is 0.493 e. The maximum absolute atomic E-state index is 9.57. The fourth-order valence-corrected chi connectivity index (χ4v) is 7.00. The fraction of sp³-hybridized carbons (Fsp3) is 0.415. The van der Waals surface area contributed by atoms with Crippen molar-refractivity contribution in [2.75, 3.05) is 39.5 Å². The Morgan fingerprint density at radius 3 is 2.29 bits per heavy atom. The van der Waals surface area contributed by atoms with E-state index in [1.165, 1.54) is 11.1 Å². The Bertz CT molecular complexity index is 1750. The van der Waals surface area contributed by atoms with Crippen LogP contribution in [0.4, 0.5) is 0 Å². The molecule has 4 aromatic carbocycles. The number of aliphatic hydroxyl groups is 2.